The first kappa shape index (κ1) is 22.1. The summed E-state index contributed by atoms with van der Waals surface area (Å²) in [5.41, 5.74) is 2.16. The number of hydrogen-bond donors (Lipinski definition) is 1. The zero-order valence-corrected chi connectivity index (χ0v) is 18.0. The summed E-state index contributed by atoms with van der Waals surface area (Å²) in [7, 11) is -3.30. The van der Waals surface area contributed by atoms with Crippen molar-refractivity contribution in [3.63, 3.8) is 0 Å². The van der Waals surface area contributed by atoms with E-state index >= 15 is 0 Å². The molecule has 0 aromatic heterocycles. The predicted octanol–water partition coefficient (Wildman–Crippen LogP) is 3.03. The smallest absolute Gasteiger partial charge is 0.329 e. The Morgan fingerprint density at radius 1 is 1.11 bits per heavy atom. The Morgan fingerprint density at radius 3 is 2.39 bits per heavy atom. The van der Waals surface area contributed by atoms with Gasteiger partial charge in [-0.2, -0.15) is 0 Å². The maximum Gasteiger partial charge on any atom is 0.329 e. The Labute approximate surface area is 173 Å². The first-order valence-electron chi connectivity index (χ1n) is 8.61. The molecule has 0 aliphatic heterocycles. The molecule has 0 heterocycles. The van der Waals surface area contributed by atoms with E-state index in [-0.39, 0.29) is 18.8 Å². The lowest BCUT2D eigenvalue weighted by Crippen LogP contribution is -2.43. The van der Waals surface area contributed by atoms with Gasteiger partial charge in [0.2, 0.25) is 0 Å². The Morgan fingerprint density at radius 2 is 1.75 bits per heavy atom. The highest BCUT2D eigenvalue weighted by molar-refractivity contribution is 9.10. The van der Waals surface area contributed by atoms with Crippen LogP contribution in [-0.4, -0.2) is 38.3 Å². The summed E-state index contributed by atoms with van der Waals surface area (Å²) in [5.74, 6) is -1.40. The second kappa shape index (κ2) is 9.84. The fraction of sp³-hybridized carbons (Fsp3) is 0.300. The van der Waals surface area contributed by atoms with Gasteiger partial charge in [-0.3, -0.25) is 4.79 Å². The average molecular weight is 468 g/mol. The van der Waals surface area contributed by atoms with Gasteiger partial charge >= 0.3 is 5.97 Å². The highest BCUT2D eigenvalue weighted by Gasteiger charge is 2.25. The monoisotopic (exact) mass is 467 g/mol. The summed E-state index contributed by atoms with van der Waals surface area (Å²) in [4.78, 5) is 25.1. The minimum atomic E-state index is -3.30. The molecule has 6 nitrogen and oxygen atoms in total. The van der Waals surface area contributed by atoms with Gasteiger partial charge in [0, 0.05) is 10.7 Å². The summed E-state index contributed by atoms with van der Waals surface area (Å²) >= 11 is 3.29. The molecular weight excluding hydrogens is 446 g/mol. The topological polar surface area (TPSA) is 89.5 Å². The minimum Gasteiger partial charge on any atom is -0.459 e. The van der Waals surface area contributed by atoms with Crippen LogP contribution in [0, 0.1) is 6.92 Å². The van der Waals surface area contributed by atoms with E-state index in [1.54, 1.807) is 24.3 Å². The van der Waals surface area contributed by atoms with E-state index in [1.165, 1.54) is 0 Å². The molecular formula is C20H22BrNO5S. The standard InChI is InChI=1S/C20H22BrNO5S/c1-14-7-3-4-8-15(14)13-27-20(24)18(11-12-28(2,25)26)22-19(23)16-9-5-6-10-17(16)21/h3-10,18H,11-13H2,1-2H3,(H,22,23)/t18-/m0/s1. The Hall–Kier alpha value is -2.19. The first-order valence-corrected chi connectivity index (χ1v) is 11.5. The molecule has 28 heavy (non-hydrogen) atoms. The van der Waals surface area contributed by atoms with Crippen molar-refractivity contribution in [1.29, 1.82) is 0 Å². The molecule has 0 fully saturated rings. The molecule has 0 spiro atoms. The highest BCUT2D eigenvalue weighted by Crippen LogP contribution is 2.16. The maximum atomic E-state index is 12.6. The normalized spacial score (nSPS) is 12.2. The zero-order chi connectivity index (χ0) is 20.7. The van der Waals surface area contributed by atoms with E-state index in [0.29, 0.717) is 10.0 Å². The lowest BCUT2D eigenvalue weighted by atomic mass is 10.1. The number of hydrogen-bond acceptors (Lipinski definition) is 5. The van der Waals surface area contributed by atoms with Gasteiger partial charge in [-0.15, -0.1) is 0 Å². The first-order chi connectivity index (χ1) is 13.2. The molecule has 0 saturated carbocycles. The van der Waals surface area contributed by atoms with Crippen molar-refractivity contribution in [2.75, 3.05) is 12.0 Å². The largest absolute Gasteiger partial charge is 0.459 e. The zero-order valence-electron chi connectivity index (χ0n) is 15.6. The number of amides is 1. The lowest BCUT2D eigenvalue weighted by Gasteiger charge is -2.18. The highest BCUT2D eigenvalue weighted by atomic mass is 79.9. The Balaban J connectivity index is 2.11. The molecule has 150 valence electrons. The van der Waals surface area contributed by atoms with Crippen LogP contribution in [0.2, 0.25) is 0 Å². The van der Waals surface area contributed by atoms with Crippen LogP contribution in [0.25, 0.3) is 0 Å². The van der Waals surface area contributed by atoms with Crippen LogP contribution in [0.4, 0.5) is 0 Å². The number of aryl methyl sites for hydroxylation is 1. The summed E-state index contributed by atoms with van der Waals surface area (Å²) in [6.45, 7) is 1.95. The van der Waals surface area contributed by atoms with Crippen molar-refractivity contribution in [2.45, 2.75) is 26.0 Å². The van der Waals surface area contributed by atoms with Crippen molar-refractivity contribution < 1.29 is 22.7 Å². The lowest BCUT2D eigenvalue weighted by molar-refractivity contribution is -0.147. The maximum absolute atomic E-state index is 12.6. The quantitative estimate of drug-likeness (QED) is 0.602. The van der Waals surface area contributed by atoms with E-state index < -0.39 is 27.8 Å². The molecule has 2 rings (SSSR count). The number of rotatable bonds is 8. The molecule has 0 unspecified atom stereocenters. The molecule has 1 N–H and O–H groups in total. The van der Waals surface area contributed by atoms with Gasteiger partial charge in [0.25, 0.3) is 5.91 Å². The van der Waals surface area contributed by atoms with Gasteiger partial charge < -0.3 is 10.1 Å². The van der Waals surface area contributed by atoms with Crippen molar-refractivity contribution >= 4 is 37.6 Å². The van der Waals surface area contributed by atoms with E-state index in [2.05, 4.69) is 21.2 Å². The van der Waals surface area contributed by atoms with Gasteiger partial charge in [0.1, 0.15) is 22.5 Å². The van der Waals surface area contributed by atoms with E-state index in [9.17, 15) is 18.0 Å². The van der Waals surface area contributed by atoms with Crippen LogP contribution >= 0.6 is 15.9 Å². The number of nitrogens with one attached hydrogen (secondary N) is 1. The van der Waals surface area contributed by atoms with Gasteiger partial charge in [0.05, 0.1) is 11.3 Å². The molecule has 2 aromatic carbocycles. The third-order valence-electron chi connectivity index (χ3n) is 4.12. The molecule has 1 amide bonds. The summed E-state index contributed by atoms with van der Waals surface area (Å²) in [6, 6.07) is 13.2. The van der Waals surface area contributed by atoms with Crippen LogP contribution in [0.1, 0.15) is 27.9 Å². The number of halogens is 1. The Bertz CT molecular complexity index is 959. The van der Waals surface area contributed by atoms with Gasteiger partial charge in [-0.1, -0.05) is 36.4 Å². The number of benzene rings is 2. The average Bonchev–Trinajstić information content (AvgIpc) is 2.63. The second-order valence-corrected chi connectivity index (χ2v) is 9.57. The summed E-state index contributed by atoms with van der Waals surface area (Å²) < 4.78 is 29.0. The van der Waals surface area contributed by atoms with E-state index in [1.807, 2.05) is 31.2 Å². The molecule has 0 aliphatic carbocycles. The van der Waals surface area contributed by atoms with Crippen LogP contribution in [0.5, 0.6) is 0 Å². The summed E-state index contributed by atoms with van der Waals surface area (Å²) in [5, 5.41) is 2.59. The van der Waals surface area contributed by atoms with E-state index in [0.717, 1.165) is 17.4 Å². The van der Waals surface area contributed by atoms with Gasteiger partial charge in [-0.25, -0.2) is 13.2 Å². The fourth-order valence-corrected chi connectivity index (χ4v) is 3.61. The molecule has 8 heteroatoms. The molecule has 0 saturated heterocycles. The van der Waals surface area contributed by atoms with Crippen LogP contribution in [-0.2, 0) is 26.0 Å². The molecule has 2 aromatic rings. The van der Waals surface area contributed by atoms with Crippen molar-refractivity contribution in [3.05, 3.63) is 69.7 Å². The predicted molar refractivity (Wildman–Crippen MR) is 111 cm³/mol. The van der Waals surface area contributed by atoms with Gasteiger partial charge in [-0.05, 0) is 52.5 Å². The van der Waals surface area contributed by atoms with Crippen molar-refractivity contribution in [1.82, 2.24) is 5.32 Å². The SMILES string of the molecule is Cc1ccccc1COC(=O)[C@H](CCS(C)(=O)=O)NC(=O)c1ccccc1Br. The van der Waals surface area contributed by atoms with Crippen LogP contribution in [0.3, 0.4) is 0 Å². The van der Waals surface area contributed by atoms with Gasteiger partial charge in [0.15, 0.2) is 0 Å². The third kappa shape index (κ3) is 6.76. The molecule has 0 bridgehead atoms. The number of sulfone groups is 1. The third-order valence-corrected chi connectivity index (χ3v) is 5.79. The van der Waals surface area contributed by atoms with Crippen LogP contribution < -0.4 is 5.32 Å². The van der Waals surface area contributed by atoms with Crippen molar-refractivity contribution in [3.8, 4) is 0 Å². The number of esters is 1. The van der Waals surface area contributed by atoms with E-state index in [4.69, 9.17) is 4.74 Å². The number of ether oxygens (including phenoxy) is 1. The number of carbonyl (C=O) groups excluding carboxylic acids is 2. The van der Waals surface area contributed by atoms with Crippen LogP contribution in [0.15, 0.2) is 53.0 Å². The minimum absolute atomic E-state index is 0.0474. The second-order valence-electron chi connectivity index (χ2n) is 6.46. The Kier molecular flexibility index (Phi) is 7.77. The summed E-state index contributed by atoms with van der Waals surface area (Å²) in [6.07, 6.45) is 1.01. The molecule has 1 atom stereocenters. The molecule has 0 aliphatic rings. The van der Waals surface area contributed by atoms with Crippen molar-refractivity contribution in [2.24, 2.45) is 0 Å². The number of carbonyl (C=O) groups is 2. The fourth-order valence-electron chi connectivity index (χ4n) is 2.48. The molecule has 0 radical (unpaired) electrons.